The van der Waals surface area contributed by atoms with Crippen molar-refractivity contribution in [3.05, 3.63) is 53.6 Å². The van der Waals surface area contributed by atoms with Gasteiger partial charge in [-0.05, 0) is 43.2 Å². The SMILES string of the molecule is O=C1OCC=C[C@@H]2O[C@]34C=CCN(c5ccc(Cl)cc5)C(=O)C3N(CCCCCCO)C(=O)[C@@H]4[C@H]12. The summed E-state index contributed by atoms with van der Waals surface area (Å²) in [6.45, 7) is 0.943. The van der Waals surface area contributed by atoms with E-state index in [1.807, 2.05) is 12.2 Å². The number of aliphatic hydroxyl groups is 1. The molecule has 2 fully saturated rings. The number of unbranched alkanes of at least 4 members (excludes halogenated alkanes) is 3. The second kappa shape index (κ2) is 9.76. The summed E-state index contributed by atoms with van der Waals surface area (Å²) in [6, 6.07) is 6.10. The predicted octanol–water partition coefficient (Wildman–Crippen LogP) is 2.49. The third kappa shape index (κ3) is 4.07. The number of esters is 1. The Hall–Kier alpha value is -2.68. The molecule has 4 heterocycles. The Labute approximate surface area is 209 Å². The number of aliphatic hydroxyl groups excluding tert-OH is 1. The van der Waals surface area contributed by atoms with Gasteiger partial charge in [0.05, 0.1) is 12.0 Å². The maximum absolute atomic E-state index is 14.1. The van der Waals surface area contributed by atoms with E-state index in [4.69, 9.17) is 26.2 Å². The number of fused-ring (bicyclic) bond motifs is 2. The number of carbonyl (C=O) groups is 3. The van der Waals surface area contributed by atoms with Gasteiger partial charge in [-0.2, -0.15) is 0 Å². The second-order valence-corrected chi connectivity index (χ2v) is 9.83. The third-order valence-corrected chi connectivity index (χ3v) is 7.61. The lowest BCUT2D eigenvalue weighted by molar-refractivity contribution is -0.152. The summed E-state index contributed by atoms with van der Waals surface area (Å²) in [7, 11) is 0. The molecule has 0 bridgehead atoms. The van der Waals surface area contributed by atoms with E-state index in [-0.39, 0.29) is 25.0 Å². The van der Waals surface area contributed by atoms with Gasteiger partial charge in [0.15, 0.2) is 0 Å². The van der Waals surface area contributed by atoms with Gasteiger partial charge in [0.2, 0.25) is 5.91 Å². The van der Waals surface area contributed by atoms with Crippen molar-refractivity contribution in [2.24, 2.45) is 11.8 Å². The molecule has 1 aromatic rings. The number of halogens is 1. The fourth-order valence-electron chi connectivity index (χ4n) is 5.81. The maximum Gasteiger partial charge on any atom is 0.313 e. The summed E-state index contributed by atoms with van der Waals surface area (Å²) in [5.74, 6) is -2.62. The number of nitrogens with zero attached hydrogens (tertiary/aromatic N) is 2. The monoisotopic (exact) mass is 500 g/mol. The molecule has 4 aliphatic rings. The van der Waals surface area contributed by atoms with Crippen molar-refractivity contribution in [3.63, 3.8) is 0 Å². The minimum atomic E-state index is -1.25. The van der Waals surface area contributed by atoms with Gasteiger partial charge >= 0.3 is 5.97 Å². The van der Waals surface area contributed by atoms with Crippen LogP contribution < -0.4 is 4.90 Å². The van der Waals surface area contributed by atoms with Crippen LogP contribution in [0.2, 0.25) is 5.02 Å². The first-order chi connectivity index (χ1) is 17.0. The number of hydrogen-bond donors (Lipinski definition) is 1. The normalized spacial score (nSPS) is 31.7. The van der Waals surface area contributed by atoms with Crippen molar-refractivity contribution < 1.29 is 29.0 Å². The second-order valence-electron chi connectivity index (χ2n) is 9.40. The van der Waals surface area contributed by atoms with E-state index < -0.39 is 35.6 Å². The van der Waals surface area contributed by atoms with E-state index in [9.17, 15) is 14.4 Å². The molecular formula is C26H29ClN2O6. The van der Waals surface area contributed by atoms with Crippen LogP contribution >= 0.6 is 11.6 Å². The number of carbonyl (C=O) groups excluding carboxylic acids is 3. The minimum Gasteiger partial charge on any atom is -0.461 e. The maximum atomic E-state index is 14.1. The third-order valence-electron chi connectivity index (χ3n) is 7.36. The highest BCUT2D eigenvalue weighted by Gasteiger charge is 2.71. The number of amides is 2. The minimum absolute atomic E-state index is 0.127. The van der Waals surface area contributed by atoms with E-state index in [2.05, 4.69) is 0 Å². The van der Waals surface area contributed by atoms with Crippen molar-refractivity contribution in [2.75, 3.05) is 31.2 Å². The Morgan fingerprint density at radius 2 is 1.80 bits per heavy atom. The molecular weight excluding hydrogens is 472 g/mol. The Bertz CT molecular complexity index is 1060. The average Bonchev–Trinajstić information content (AvgIpc) is 3.14. The highest BCUT2D eigenvalue weighted by Crippen LogP contribution is 2.53. The zero-order valence-corrected chi connectivity index (χ0v) is 20.1. The first-order valence-electron chi connectivity index (χ1n) is 12.1. The Kier molecular flexibility index (Phi) is 6.70. The summed E-state index contributed by atoms with van der Waals surface area (Å²) in [6.07, 6.45) is 9.55. The van der Waals surface area contributed by atoms with E-state index in [0.717, 1.165) is 12.8 Å². The lowest BCUT2D eigenvalue weighted by Gasteiger charge is -2.35. The molecule has 8 nitrogen and oxygen atoms in total. The number of ether oxygens (including phenoxy) is 2. The molecule has 0 saturated carbocycles. The number of likely N-dealkylation sites (tertiary alicyclic amines) is 1. The van der Waals surface area contributed by atoms with Gasteiger partial charge in [0, 0.05) is 30.4 Å². The van der Waals surface area contributed by atoms with Gasteiger partial charge in [-0.1, -0.05) is 42.7 Å². The Morgan fingerprint density at radius 1 is 1.03 bits per heavy atom. The van der Waals surface area contributed by atoms with Crippen LogP contribution in [0.4, 0.5) is 5.69 Å². The molecule has 1 spiro atoms. The van der Waals surface area contributed by atoms with Crippen LogP contribution in [0, 0.1) is 11.8 Å². The van der Waals surface area contributed by atoms with Crippen LogP contribution in [0.25, 0.3) is 0 Å². The number of anilines is 1. The molecule has 2 saturated heterocycles. The van der Waals surface area contributed by atoms with Gasteiger partial charge in [0.1, 0.15) is 24.2 Å². The molecule has 5 atom stereocenters. The molecule has 2 amide bonds. The van der Waals surface area contributed by atoms with Crippen LogP contribution in [0.3, 0.4) is 0 Å². The Morgan fingerprint density at radius 3 is 2.57 bits per heavy atom. The fraction of sp³-hybridized carbons (Fsp3) is 0.500. The van der Waals surface area contributed by atoms with Crippen LogP contribution in [0.5, 0.6) is 0 Å². The Balaban J connectivity index is 1.52. The van der Waals surface area contributed by atoms with Crippen LogP contribution in [-0.4, -0.2) is 71.8 Å². The highest BCUT2D eigenvalue weighted by atomic mass is 35.5. The van der Waals surface area contributed by atoms with Crippen molar-refractivity contribution in [2.45, 2.75) is 43.4 Å². The van der Waals surface area contributed by atoms with Crippen molar-refractivity contribution in [1.82, 2.24) is 4.90 Å². The number of hydrogen-bond acceptors (Lipinski definition) is 6. The van der Waals surface area contributed by atoms with Crippen molar-refractivity contribution in [3.8, 4) is 0 Å². The molecule has 0 aromatic heterocycles. The molecule has 5 rings (SSSR count). The first kappa shape index (κ1) is 24.0. The number of benzene rings is 1. The van der Waals surface area contributed by atoms with Crippen molar-refractivity contribution in [1.29, 1.82) is 0 Å². The number of cyclic esters (lactones) is 1. The van der Waals surface area contributed by atoms with E-state index >= 15 is 0 Å². The van der Waals surface area contributed by atoms with Gasteiger partial charge in [-0.25, -0.2) is 0 Å². The summed E-state index contributed by atoms with van der Waals surface area (Å²) in [5.41, 5.74) is -0.581. The molecule has 186 valence electrons. The molecule has 9 heteroatoms. The number of rotatable bonds is 7. The summed E-state index contributed by atoms with van der Waals surface area (Å²) >= 11 is 6.06. The van der Waals surface area contributed by atoms with Crippen LogP contribution in [0.15, 0.2) is 48.6 Å². The van der Waals surface area contributed by atoms with E-state index in [0.29, 0.717) is 36.6 Å². The van der Waals surface area contributed by atoms with Crippen LogP contribution in [0.1, 0.15) is 25.7 Å². The lowest BCUT2D eigenvalue weighted by atomic mass is 9.78. The topological polar surface area (TPSA) is 96.4 Å². The molecule has 1 N–H and O–H groups in total. The zero-order valence-electron chi connectivity index (χ0n) is 19.3. The molecule has 0 radical (unpaired) electrons. The van der Waals surface area contributed by atoms with Gasteiger partial charge in [-0.15, -0.1) is 0 Å². The highest BCUT2D eigenvalue weighted by molar-refractivity contribution is 6.30. The molecule has 1 aromatic carbocycles. The lowest BCUT2D eigenvalue weighted by Crippen LogP contribution is -2.55. The largest absolute Gasteiger partial charge is 0.461 e. The molecule has 35 heavy (non-hydrogen) atoms. The standard InChI is InChI=1S/C26H29ClN2O6/c27-17-8-10-18(11-9-17)28-14-6-12-26-21(20-19(35-26)7-5-16-34-25(20)33)23(31)29(22(26)24(28)32)13-3-1-2-4-15-30/h5-12,19-22,30H,1-4,13-16H2/t19-,20+,21-,22?,26-/m0/s1. The molecule has 0 aliphatic carbocycles. The van der Waals surface area contributed by atoms with E-state index in [1.54, 1.807) is 46.2 Å². The summed E-state index contributed by atoms with van der Waals surface area (Å²) in [4.78, 5) is 44.1. The molecule has 1 unspecified atom stereocenters. The summed E-state index contributed by atoms with van der Waals surface area (Å²) in [5, 5.41) is 9.63. The van der Waals surface area contributed by atoms with Gasteiger partial charge < -0.3 is 24.4 Å². The van der Waals surface area contributed by atoms with Gasteiger partial charge in [0.25, 0.3) is 5.91 Å². The van der Waals surface area contributed by atoms with Gasteiger partial charge in [-0.3, -0.25) is 14.4 Å². The zero-order chi connectivity index (χ0) is 24.6. The fourth-order valence-corrected chi connectivity index (χ4v) is 5.94. The predicted molar refractivity (Wildman–Crippen MR) is 129 cm³/mol. The smallest absolute Gasteiger partial charge is 0.313 e. The van der Waals surface area contributed by atoms with Crippen molar-refractivity contribution >= 4 is 35.1 Å². The first-order valence-corrected chi connectivity index (χ1v) is 12.5. The quantitative estimate of drug-likeness (QED) is 0.351. The van der Waals surface area contributed by atoms with E-state index in [1.165, 1.54) is 0 Å². The summed E-state index contributed by atoms with van der Waals surface area (Å²) < 4.78 is 11.8. The molecule has 4 aliphatic heterocycles. The average molecular weight is 501 g/mol. The van der Waals surface area contributed by atoms with Crippen LogP contribution in [-0.2, 0) is 23.9 Å².